The highest BCUT2D eigenvalue weighted by Gasteiger charge is 2.09. The first-order valence-electron chi connectivity index (χ1n) is 8.48. The lowest BCUT2D eigenvalue weighted by atomic mass is 10.4. The van der Waals surface area contributed by atoms with Crippen LogP contribution in [0.15, 0.2) is 74.1 Å². The number of hydrogen-bond acceptors (Lipinski definition) is 6. The molecule has 0 saturated carbocycles. The van der Waals surface area contributed by atoms with Gasteiger partial charge in [-0.05, 0) is 30.3 Å². The Morgan fingerprint density at radius 3 is 2.03 bits per heavy atom. The average Bonchev–Trinajstić information content (AvgIpc) is 3.31. The largest absolute Gasteiger partial charge is 0.395 e. The zero-order valence-corrected chi connectivity index (χ0v) is 17.0. The second kappa shape index (κ2) is 9.68. The first-order valence-corrected chi connectivity index (χ1v) is 9.23. The van der Waals surface area contributed by atoms with Gasteiger partial charge in [-0.3, -0.25) is 14.8 Å². The van der Waals surface area contributed by atoms with Gasteiger partial charge in [-0.2, -0.15) is 10.2 Å². The third-order valence-electron chi connectivity index (χ3n) is 3.63. The van der Waals surface area contributed by atoms with Gasteiger partial charge in [0.2, 0.25) is 5.91 Å². The van der Waals surface area contributed by atoms with Crippen molar-refractivity contribution in [2.24, 2.45) is 0 Å². The number of carbonyl (C=O) groups is 1. The number of rotatable bonds is 4. The molecular formula is C19H16Cl2N8O. The minimum Gasteiger partial charge on any atom is -0.395 e. The van der Waals surface area contributed by atoms with Crippen molar-refractivity contribution in [3.8, 4) is 11.4 Å². The van der Waals surface area contributed by atoms with Crippen LogP contribution in [0.1, 0.15) is 0 Å². The maximum Gasteiger partial charge on any atom is 0.247 e. The molecule has 30 heavy (non-hydrogen) atoms. The molecule has 0 saturated heterocycles. The quantitative estimate of drug-likeness (QED) is 0.466. The molecule has 4 rings (SSSR count). The number of nitrogens with two attached hydrogens (primary N) is 1. The van der Waals surface area contributed by atoms with Crippen LogP contribution in [0.2, 0.25) is 10.3 Å². The van der Waals surface area contributed by atoms with Crippen molar-refractivity contribution in [3.63, 3.8) is 0 Å². The molecule has 0 bridgehead atoms. The van der Waals surface area contributed by atoms with Crippen LogP contribution >= 0.6 is 23.2 Å². The summed E-state index contributed by atoms with van der Waals surface area (Å²) in [6, 6.07) is 7.30. The van der Waals surface area contributed by atoms with E-state index in [1.54, 1.807) is 47.9 Å². The number of anilines is 2. The Bertz CT molecular complexity index is 1120. The van der Waals surface area contributed by atoms with Gasteiger partial charge in [0.25, 0.3) is 0 Å². The lowest BCUT2D eigenvalue weighted by Gasteiger charge is -1.98. The summed E-state index contributed by atoms with van der Waals surface area (Å²) in [5.74, 6) is -0.336. The van der Waals surface area contributed by atoms with Gasteiger partial charge in [-0.15, -0.1) is 0 Å². The normalized spacial score (nSPS) is 10.1. The summed E-state index contributed by atoms with van der Waals surface area (Å²) in [6.07, 6.45) is 11.1. The summed E-state index contributed by atoms with van der Waals surface area (Å²) < 4.78 is 3.12. The minimum absolute atomic E-state index is 0.212. The van der Waals surface area contributed by atoms with Gasteiger partial charge in [0, 0.05) is 12.4 Å². The smallest absolute Gasteiger partial charge is 0.247 e. The van der Waals surface area contributed by atoms with Crippen molar-refractivity contribution >= 4 is 40.5 Å². The molecule has 0 aliphatic heterocycles. The molecule has 1 amide bonds. The minimum atomic E-state index is -0.336. The second-order valence-electron chi connectivity index (χ2n) is 5.71. The van der Waals surface area contributed by atoms with Gasteiger partial charge in [0.1, 0.15) is 0 Å². The fourth-order valence-electron chi connectivity index (χ4n) is 2.23. The van der Waals surface area contributed by atoms with Crippen LogP contribution in [0.4, 0.5) is 11.4 Å². The number of nitrogens with one attached hydrogen (secondary N) is 1. The van der Waals surface area contributed by atoms with Gasteiger partial charge in [-0.25, -0.2) is 9.36 Å². The molecule has 0 aliphatic carbocycles. The van der Waals surface area contributed by atoms with Crippen LogP contribution in [0.3, 0.4) is 0 Å². The monoisotopic (exact) mass is 442 g/mol. The number of carbonyl (C=O) groups excluding carboxylic acids is 1. The van der Waals surface area contributed by atoms with E-state index in [-0.39, 0.29) is 11.1 Å². The summed E-state index contributed by atoms with van der Waals surface area (Å²) in [6.45, 7) is 3.36. The topological polar surface area (TPSA) is 117 Å². The van der Waals surface area contributed by atoms with E-state index in [9.17, 15) is 4.79 Å². The van der Waals surface area contributed by atoms with E-state index < -0.39 is 0 Å². The van der Waals surface area contributed by atoms with Gasteiger partial charge >= 0.3 is 0 Å². The Hall–Kier alpha value is -3.69. The summed E-state index contributed by atoms with van der Waals surface area (Å²) in [5.41, 5.74) is 8.03. The predicted molar refractivity (Wildman–Crippen MR) is 116 cm³/mol. The molecule has 152 valence electrons. The lowest BCUT2D eigenvalue weighted by molar-refractivity contribution is -0.111. The van der Waals surface area contributed by atoms with Crippen LogP contribution in [0.25, 0.3) is 11.4 Å². The van der Waals surface area contributed by atoms with E-state index in [0.29, 0.717) is 16.5 Å². The van der Waals surface area contributed by atoms with Crippen molar-refractivity contribution in [3.05, 3.63) is 84.4 Å². The number of nitrogens with zero attached hydrogens (tertiary/aromatic N) is 6. The number of nitrogen functional groups attached to an aromatic ring is 1. The first-order chi connectivity index (χ1) is 14.5. The SMILES string of the molecule is C=CC(=O)Nc1cn(-c2cccnc2)nc1Cl.Nc1cn(-c2cccnc2)nc1Cl. The molecule has 11 heteroatoms. The highest BCUT2D eigenvalue weighted by molar-refractivity contribution is 6.32. The maximum absolute atomic E-state index is 11.1. The second-order valence-corrected chi connectivity index (χ2v) is 6.43. The molecule has 0 unspecified atom stereocenters. The Kier molecular flexibility index (Phi) is 6.79. The zero-order chi connectivity index (χ0) is 21.5. The number of amides is 1. The third kappa shape index (κ3) is 5.22. The molecule has 0 aliphatic rings. The van der Waals surface area contributed by atoms with Gasteiger partial charge in [0.15, 0.2) is 10.3 Å². The van der Waals surface area contributed by atoms with Crippen molar-refractivity contribution in [2.75, 3.05) is 11.1 Å². The van der Waals surface area contributed by atoms with Crippen LogP contribution in [0, 0.1) is 0 Å². The Labute approximate surface area is 181 Å². The van der Waals surface area contributed by atoms with E-state index >= 15 is 0 Å². The highest BCUT2D eigenvalue weighted by Crippen LogP contribution is 2.21. The summed E-state index contributed by atoms with van der Waals surface area (Å²) in [4.78, 5) is 19.1. The molecule has 4 aromatic heterocycles. The summed E-state index contributed by atoms with van der Waals surface area (Å²) in [7, 11) is 0. The lowest BCUT2D eigenvalue weighted by Crippen LogP contribution is -2.06. The number of halogens is 2. The summed E-state index contributed by atoms with van der Waals surface area (Å²) >= 11 is 11.6. The molecule has 4 aromatic rings. The number of hydrogen-bond donors (Lipinski definition) is 2. The molecule has 3 N–H and O–H groups in total. The van der Waals surface area contributed by atoms with Crippen LogP contribution in [0.5, 0.6) is 0 Å². The van der Waals surface area contributed by atoms with Gasteiger partial charge < -0.3 is 11.1 Å². The van der Waals surface area contributed by atoms with E-state index in [0.717, 1.165) is 17.5 Å². The Balaban J connectivity index is 0.000000177. The van der Waals surface area contributed by atoms with Gasteiger partial charge in [0.05, 0.1) is 47.5 Å². The molecular weight excluding hydrogens is 427 g/mol. The fourth-order valence-corrected chi connectivity index (χ4v) is 2.54. The van der Waals surface area contributed by atoms with E-state index in [4.69, 9.17) is 28.9 Å². The molecule has 0 radical (unpaired) electrons. The number of aromatic nitrogens is 6. The molecule has 0 fully saturated rings. The Morgan fingerprint density at radius 2 is 1.57 bits per heavy atom. The average molecular weight is 443 g/mol. The highest BCUT2D eigenvalue weighted by atomic mass is 35.5. The van der Waals surface area contributed by atoms with E-state index in [1.807, 2.05) is 18.2 Å². The summed E-state index contributed by atoms with van der Waals surface area (Å²) in [5, 5.41) is 11.1. The standard InChI is InChI=1S/C11H9ClN4O.C8H7ClN4/c1-2-10(17)14-9-7-16(15-11(9)12)8-4-3-5-13-6-8;9-8-7(10)5-13(12-8)6-2-1-3-11-4-6/h2-7H,1H2,(H,14,17);1-5H,10H2. The predicted octanol–water partition coefficient (Wildman–Crippen LogP) is 3.55. The van der Waals surface area contributed by atoms with Crippen molar-refractivity contribution in [1.29, 1.82) is 0 Å². The van der Waals surface area contributed by atoms with Crippen LogP contribution in [-0.4, -0.2) is 35.4 Å². The first kappa shape index (κ1) is 21.0. The zero-order valence-electron chi connectivity index (χ0n) is 15.5. The van der Waals surface area contributed by atoms with E-state index in [1.165, 1.54) is 4.68 Å². The van der Waals surface area contributed by atoms with Crippen molar-refractivity contribution < 1.29 is 4.79 Å². The molecule has 4 heterocycles. The molecule has 0 spiro atoms. The number of pyridine rings is 2. The van der Waals surface area contributed by atoms with Crippen LogP contribution < -0.4 is 11.1 Å². The van der Waals surface area contributed by atoms with Crippen LogP contribution in [-0.2, 0) is 4.79 Å². The maximum atomic E-state index is 11.1. The van der Waals surface area contributed by atoms with Crippen molar-refractivity contribution in [1.82, 2.24) is 29.5 Å². The fraction of sp³-hybridized carbons (Fsp3) is 0. The molecule has 0 atom stereocenters. The third-order valence-corrected chi connectivity index (χ3v) is 4.20. The molecule has 0 aromatic carbocycles. The van der Waals surface area contributed by atoms with E-state index in [2.05, 4.69) is 32.1 Å². The molecule has 9 nitrogen and oxygen atoms in total. The van der Waals surface area contributed by atoms with Gasteiger partial charge in [-0.1, -0.05) is 29.8 Å². The Morgan fingerprint density at radius 1 is 1.00 bits per heavy atom. The van der Waals surface area contributed by atoms with Crippen molar-refractivity contribution in [2.45, 2.75) is 0 Å².